The number of aliphatic hydroxyl groups excluding tert-OH is 1. The molecule has 8 heteroatoms. The molecule has 33 heavy (non-hydrogen) atoms. The second-order valence-electron chi connectivity index (χ2n) is 7.70. The molecule has 0 saturated heterocycles. The van der Waals surface area contributed by atoms with Gasteiger partial charge in [-0.2, -0.15) is 0 Å². The Labute approximate surface area is 204 Å². The van der Waals surface area contributed by atoms with Crippen LogP contribution in [0.3, 0.4) is 0 Å². The highest BCUT2D eigenvalue weighted by Gasteiger charge is 2.52. The summed E-state index contributed by atoms with van der Waals surface area (Å²) in [5.41, 5.74) is 0.0612. The lowest BCUT2D eigenvalue weighted by Gasteiger charge is -2.30. The summed E-state index contributed by atoms with van der Waals surface area (Å²) in [6.45, 7) is 6.84. The summed E-state index contributed by atoms with van der Waals surface area (Å²) in [5.74, 6) is 0.752. The fraction of sp³-hybridized carbons (Fsp3) is 0.360. The average Bonchev–Trinajstić information content (AvgIpc) is 3.18. The molecule has 2 atom stereocenters. The molecule has 1 heterocycles. The lowest BCUT2D eigenvalue weighted by molar-refractivity contribution is -0.128. The van der Waals surface area contributed by atoms with Crippen LogP contribution in [0.25, 0.3) is 0 Å². The van der Waals surface area contributed by atoms with E-state index in [1.807, 2.05) is 19.1 Å². The maximum absolute atomic E-state index is 13.4. The minimum atomic E-state index is -1.26. The van der Waals surface area contributed by atoms with Crippen molar-refractivity contribution in [2.24, 2.45) is 4.99 Å². The molecule has 2 aromatic carbocycles. The van der Waals surface area contributed by atoms with Crippen molar-refractivity contribution in [1.82, 2.24) is 5.32 Å². The van der Waals surface area contributed by atoms with E-state index in [0.29, 0.717) is 52.4 Å². The zero-order valence-corrected chi connectivity index (χ0v) is 20.0. The molecule has 2 N–H and O–H groups in total. The van der Waals surface area contributed by atoms with Crippen molar-refractivity contribution in [3.8, 4) is 5.75 Å². The van der Waals surface area contributed by atoms with Crippen molar-refractivity contribution in [2.75, 3.05) is 19.8 Å². The highest BCUT2D eigenvalue weighted by Crippen LogP contribution is 2.45. The summed E-state index contributed by atoms with van der Waals surface area (Å²) < 4.78 is 11.9. The number of halogens is 2. The number of hydrogen-bond donors (Lipinski definition) is 2. The Morgan fingerprint density at radius 2 is 2.06 bits per heavy atom. The number of hydrogen-bond acceptors (Lipinski definition) is 5. The first-order valence-corrected chi connectivity index (χ1v) is 11.7. The van der Waals surface area contributed by atoms with Crippen LogP contribution >= 0.6 is 23.2 Å². The van der Waals surface area contributed by atoms with Crippen LogP contribution in [0.15, 0.2) is 60.1 Å². The number of benzene rings is 2. The second-order valence-corrected chi connectivity index (χ2v) is 8.55. The van der Waals surface area contributed by atoms with Gasteiger partial charge in [0.05, 0.1) is 6.61 Å². The topological polar surface area (TPSA) is 80.2 Å². The fourth-order valence-electron chi connectivity index (χ4n) is 3.62. The highest BCUT2D eigenvalue weighted by molar-refractivity contribution is 6.35. The summed E-state index contributed by atoms with van der Waals surface area (Å²) in [5, 5.41) is 12.8. The number of nitrogens with one attached hydrogen (secondary N) is 1. The van der Waals surface area contributed by atoms with E-state index in [0.717, 1.165) is 6.42 Å². The summed E-state index contributed by atoms with van der Waals surface area (Å²) in [6.07, 6.45) is 2.51. The molecule has 6 nitrogen and oxygen atoms in total. The molecule has 0 bridgehead atoms. The Balaban J connectivity index is 2.00. The van der Waals surface area contributed by atoms with Gasteiger partial charge in [-0.3, -0.25) is 4.79 Å². The van der Waals surface area contributed by atoms with Crippen molar-refractivity contribution in [3.05, 3.63) is 76.3 Å². The third kappa shape index (κ3) is 5.69. The Bertz CT molecular complexity index is 1010. The number of carbonyl (C=O) groups is 1. The number of rotatable bonds is 11. The molecular formula is C25H28Cl2N2O4. The zero-order chi connectivity index (χ0) is 23.8. The van der Waals surface area contributed by atoms with Crippen molar-refractivity contribution in [1.29, 1.82) is 0 Å². The highest BCUT2D eigenvalue weighted by atomic mass is 35.5. The Morgan fingerprint density at radius 3 is 2.70 bits per heavy atom. The van der Waals surface area contributed by atoms with Crippen LogP contribution < -0.4 is 10.1 Å². The Kier molecular flexibility index (Phi) is 8.78. The Hall–Kier alpha value is -2.54. The molecule has 0 unspecified atom stereocenters. The molecular weight excluding hydrogens is 463 g/mol. The quantitative estimate of drug-likeness (QED) is 0.338. The van der Waals surface area contributed by atoms with Crippen LogP contribution in [0, 0.1) is 0 Å². The SMILES string of the molecule is C=CC[C@@]1(C(=O)NCCC)N=C(c2ccc(OCCCO)cc2)O[C@@H]1c1ccc(Cl)cc1Cl. The van der Waals surface area contributed by atoms with Gasteiger partial charge >= 0.3 is 0 Å². The number of amides is 1. The van der Waals surface area contributed by atoms with Gasteiger partial charge < -0.3 is 19.9 Å². The summed E-state index contributed by atoms with van der Waals surface area (Å²) in [6, 6.07) is 12.3. The number of ether oxygens (including phenoxy) is 2. The third-order valence-corrected chi connectivity index (χ3v) is 5.83. The maximum Gasteiger partial charge on any atom is 0.252 e. The molecule has 3 rings (SSSR count). The first-order chi connectivity index (χ1) is 15.9. The molecule has 0 aliphatic carbocycles. The molecule has 1 aliphatic rings. The minimum Gasteiger partial charge on any atom is -0.494 e. The van der Waals surface area contributed by atoms with Crippen LogP contribution in [0.2, 0.25) is 10.0 Å². The maximum atomic E-state index is 13.4. The van der Waals surface area contributed by atoms with Gasteiger partial charge in [-0.25, -0.2) is 4.99 Å². The summed E-state index contributed by atoms with van der Waals surface area (Å²) in [7, 11) is 0. The molecule has 0 spiro atoms. The number of nitrogens with zero attached hydrogens (tertiary/aromatic N) is 1. The zero-order valence-electron chi connectivity index (χ0n) is 18.5. The van der Waals surface area contributed by atoms with Gasteiger partial charge in [0.2, 0.25) is 5.90 Å². The van der Waals surface area contributed by atoms with Gasteiger partial charge in [0.15, 0.2) is 11.6 Å². The minimum absolute atomic E-state index is 0.0723. The van der Waals surface area contributed by atoms with Gasteiger partial charge in [-0.1, -0.05) is 42.3 Å². The predicted octanol–water partition coefficient (Wildman–Crippen LogP) is 5.11. The van der Waals surface area contributed by atoms with E-state index in [1.165, 1.54) is 0 Å². The third-order valence-electron chi connectivity index (χ3n) is 5.27. The molecule has 0 saturated carbocycles. The van der Waals surface area contributed by atoms with Gasteiger partial charge in [0.1, 0.15) is 5.75 Å². The molecule has 176 valence electrons. The molecule has 0 fully saturated rings. The van der Waals surface area contributed by atoms with Gasteiger partial charge in [0, 0.05) is 47.2 Å². The van der Waals surface area contributed by atoms with Crippen molar-refractivity contribution < 1.29 is 19.4 Å². The first kappa shape index (κ1) is 25.1. The molecule has 0 aromatic heterocycles. The van der Waals surface area contributed by atoms with Crippen LogP contribution in [-0.4, -0.2) is 42.2 Å². The van der Waals surface area contributed by atoms with E-state index < -0.39 is 11.6 Å². The van der Waals surface area contributed by atoms with E-state index in [4.69, 9.17) is 42.8 Å². The molecule has 2 aromatic rings. The summed E-state index contributed by atoms with van der Waals surface area (Å²) in [4.78, 5) is 18.2. The van der Waals surface area contributed by atoms with E-state index in [1.54, 1.807) is 36.4 Å². The fourth-order valence-corrected chi connectivity index (χ4v) is 4.13. The smallest absolute Gasteiger partial charge is 0.252 e. The van der Waals surface area contributed by atoms with Gasteiger partial charge in [0.25, 0.3) is 5.91 Å². The van der Waals surface area contributed by atoms with Gasteiger partial charge in [-0.05, 0) is 42.8 Å². The predicted molar refractivity (Wildman–Crippen MR) is 131 cm³/mol. The van der Waals surface area contributed by atoms with Gasteiger partial charge in [-0.15, -0.1) is 6.58 Å². The van der Waals surface area contributed by atoms with Crippen molar-refractivity contribution in [2.45, 2.75) is 37.8 Å². The van der Waals surface area contributed by atoms with Crippen molar-refractivity contribution >= 4 is 35.0 Å². The van der Waals surface area contributed by atoms with Crippen LogP contribution in [0.5, 0.6) is 5.75 Å². The number of aliphatic hydroxyl groups is 1. The second kappa shape index (κ2) is 11.5. The van der Waals surface area contributed by atoms with Crippen LogP contribution in [0.4, 0.5) is 0 Å². The Morgan fingerprint density at radius 1 is 1.30 bits per heavy atom. The number of aliphatic imine (C=N–C) groups is 1. The largest absolute Gasteiger partial charge is 0.494 e. The van der Waals surface area contributed by atoms with E-state index in [9.17, 15) is 4.79 Å². The monoisotopic (exact) mass is 490 g/mol. The van der Waals surface area contributed by atoms with E-state index in [2.05, 4.69) is 11.9 Å². The lowest BCUT2D eigenvalue weighted by Crippen LogP contribution is -2.48. The lowest BCUT2D eigenvalue weighted by atomic mass is 9.84. The van der Waals surface area contributed by atoms with E-state index in [-0.39, 0.29) is 18.9 Å². The molecule has 1 amide bonds. The number of carbonyl (C=O) groups excluding carboxylic acids is 1. The van der Waals surface area contributed by atoms with Crippen molar-refractivity contribution in [3.63, 3.8) is 0 Å². The average molecular weight is 491 g/mol. The molecule has 1 aliphatic heterocycles. The molecule has 0 radical (unpaired) electrons. The normalized spacial score (nSPS) is 19.5. The first-order valence-electron chi connectivity index (χ1n) is 10.9. The summed E-state index contributed by atoms with van der Waals surface area (Å²) >= 11 is 12.6. The van der Waals surface area contributed by atoms with Crippen LogP contribution in [0.1, 0.15) is 43.4 Å². The standard InChI is InChI=1S/C25H28Cl2N2O4/c1-3-12-25(24(31)28-13-4-2)22(20-11-8-18(26)16-21(20)27)33-23(29-25)17-6-9-19(10-7-17)32-15-5-14-30/h3,6-11,16,22,30H,1,4-5,12-15H2,2H3,(H,28,31)/t22-,25-/m1/s1. The van der Waals surface area contributed by atoms with E-state index >= 15 is 0 Å². The van der Waals surface area contributed by atoms with Crippen LogP contribution in [-0.2, 0) is 9.53 Å².